The Balaban J connectivity index is 1.72. The summed E-state index contributed by atoms with van der Waals surface area (Å²) in [5, 5.41) is 10.5. The van der Waals surface area contributed by atoms with Crippen LogP contribution in [0.25, 0.3) is 11.3 Å². The molecule has 3 rings (SSSR count). The molecule has 0 aliphatic carbocycles. The molecule has 0 radical (unpaired) electrons. The fraction of sp³-hybridized carbons (Fsp3) is 0.211. The lowest BCUT2D eigenvalue weighted by Crippen LogP contribution is -2.40. The second kappa shape index (κ2) is 7.72. The van der Waals surface area contributed by atoms with E-state index in [1.165, 1.54) is 0 Å². The monoisotopic (exact) mass is 335 g/mol. The highest BCUT2D eigenvalue weighted by Gasteiger charge is 2.19. The van der Waals surface area contributed by atoms with Gasteiger partial charge in [-0.05, 0) is 31.2 Å². The minimum Gasteiger partial charge on any atom is -0.310 e. The average molecular weight is 335 g/mol. The summed E-state index contributed by atoms with van der Waals surface area (Å²) < 4.78 is 1.67. The molecular formula is C19H21N5O. The molecule has 1 atom stereocenters. The number of likely N-dealkylation sites (N-methyl/N-ethyl adjacent to an activating group) is 1. The zero-order chi connectivity index (χ0) is 17.6. The molecule has 1 amide bonds. The van der Waals surface area contributed by atoms with Crippen LogP contribution in [-0.4, -0.2) is 33.8 Å². The summed E-state index contributed by atoms with van der Waals surface area (Å²) in [5.41, 5.74) is 2.87. The molecule has 0 aliphatic rings. The Labute approximate surface area is 146 Å². The second-order valence-electron chi connectivity index (χ2n) is 5.79. The van der Waals surface area contributed by atoms with Gasteiger partial charge in [0.05, 0.1) is 11.7 Å². The molecule has 25 heavy (non-hydrogen) atoms. The molecule has 0 saturated carbocycles. The van der Waals surface area contributed by atoms with Crippen molar-refractivity contribution in [3.63, 3.8) is 0 Å². The third-order valence-electron chi connectivity index (χ3n) is 4.05. The third kappa shape index (κ3) is 4.10. The van der Waals surface area contributed by atoms with Crippen LogP contribution in [0.3, 0.4) is 0 Å². The fourth-order valence-corrected chi connectivity index (χ4v) is 2.64. The van der Waals surface area contributed by atoms with E-state index < -0.39 is 0 Å². The molecular weight excluding hydrogens is 314 g/mol. The van der Waals surface area contributed by atoms with Crippen LogP contribution in [0.1, 0.15) is 5.56 Å². The highest BCUT2D eigenvalue weighted by Crippen LogP contribution is 2.20. The molecule has 0 spiro atoms. The van der Waals surface area contributed by atoms with Gasteiger partial charge in [0, 0.05) is 31.1 Å². The van der Waals surface area contributed by atoms with Crippen molar-refractivity contribution in [3.8, 4) is 11.3 Å². The Morgan fingerprint density at radius 2 is 1.88 bits per heavy atom. The number of hydrogen-bond donors (Lipinski definition) is 2. The van der Waals surface area contributed by atoms with E-state index >= 15 is 0 Å². The van der Waals surface area contributed by atoms with Crippen molar-refractivity contribution in [2.75, 3.05) is 12.4 Å². The minimum atomic E-state index is -0.318. The highest BCUT2D eigenvalue weighted by atomic mass is 16.2. The molecule has 0 aliphatic heterocycles. The largest absolute Gasteiger partial charge is 0.310 e. The van der Waals surface area contributed by atoms with Crippen LogP contribution < -0.4 is 10.6 Å². The van der Waals surface area contributed by atoms with Gasteiger partial charge < -0.3 is 10.6 Å². The first kappa shape index (κ1) is 16.9. The summed E-state index contributed by atoms with van der Waals surface area (Å²) in [7, 11) is 3.60. The zero-order valence-corrected chi connectivity index (χ0v) is 14.3. The van der Waals surface area contributed by atoms with Gasteiger partial charge in [0.25, 0.3) is 0 Å². The molecule has 3 aromatic rings. The first-order valence-corrected chi connectivity index (χ1v) is 8.14. The molecule has 6 heteroatoms. The van der Waals surface area contributed by atoms with Crippen molar-refractivity contribution < 1.29 is 4.79 Å². The number of carbonyl (C=O) groups excluding carboxylic acids is 1. The van der Waals surface area contributed by atoms with Gasteiger partial charge in [0.15, 0.2) is 0 Å². The molecule has 2 N–H and O–H groups in total. The number of anilines is 1. The molecule has 2 heterocycles. The van der Waals surface area contributed by atoms with E-state index in [2.05, 4.69) is 20.7 Å². The number of nitrogens with zero attached hydrogens (tertiary/aromatic N) is 3. The summed E-state index contributed by atoms with van der Waals surface area (Å²) in [4.78, 5) is 16.6. The van der Waals surface area contributed by atoms with Crippen molar-refractivity contribution in [2.45, 2.75) is 12.5 Å². The fourth-order valence-electron chi connectivity index (χ4n) is 2.64. The first-order chi connectivity index (χ1) is 12.2. The Bertz CT molecular complexity index is 830. The number of pyridine rings is 1. The van der Waals surface area contributed by atoms with Crippen LogP contribution in [-0.2, 0) is 18.3 Å². The molecule has 2 aromatic heterocycles. The topological polar surface area (TPSA) is 71.8 Å². The Hall–Kier alpha value is -2.99. The average Bonchev–Trinajstić information content (AvgIpc) is 3.02. The number of aryl methyl sites for hydroxylation is 1. The van der Waals surface area contributed by atoms with Crippen molar-refractivity contribution in [3.05, 3.63) is 66.5 Å². The molecule has 1 aromatic carbocycles. The molecule has 0 fully saturated rings. The Kier molecular flexibility index (Phi) is 5.20. The summed E-state index contributed by atoms with van der Waals surface area (Å²) >= 11 is 0. The number of nitrogens with one attached hydrogen (secondary N) is 2. The van der Waals surface area contributed by atoms with Crippen molar-refractivity contribution in [1.29, 1.82) is 0 Å². The van der Waals surface area contributed by atoms with Crippen molar-refractivity contribution in [1.82, 2.24) is 20.1 Å². The van der Waals surface area contributed by atoms with Crippen LogP contribution >= 0.6 is 0 Å². The zero-order valence-electron chi connectivity index (χ0n) is 14.3. The predicted octanol–water partition coefficient (Wildman–Crippen LogP) is 2.25. The third-order valence-corrected chi connectivity index (χ3v) is 4.05. The molecule has 6 nitrogen and oxygen atoms in total. The van der Waals surface area contributed by atoms with E-state index in [1.54, 1.807) is 24.1 Å². The lowest BCUT2D eigenvalue weighted by Gasteiger charge is -2.16. The molecule has 0 saturated heterocycles. The number of amides is 1. The van der Waals surface area contributed by atoms with E-state index in [0.717, 1.165) is 16.8 Å². The lowest BCUT2D eigenvalue weighted by molar-refractivity contribution is -0.118. The summed E-state index contributed by atoms with van der Waals surface area (Å²) in [6.45, 7) is 0. The smallest absolute Gasteiger partial charge is 0.242 e. The maximum atomic E-state index is 12.6. The molecule has 0 unspecified atom stereocenters. The predicted molar refractivity (Wildman–Crippen MR) is 98.1 cm³/mol. The van der Waals surface area contributed by atoms with Crippen LogP contribution in [0.15, 0.2) is 60.9 Å². The maximum absolute atomic E-state index is 12.6. The number of rotatable bonds is 6. The van der Waals surface area contributed by atoms with Crippen LogP contribution in [0, 0.1) is 0 Å². The maximum Gasteiger partial charge on any atom is 0.242 e. The number of aromatic nitrogens is 3. The van der Waals surface area contributed by atoms with Gasteiger partial charge in [-0.1, -0.05) is 30.3 Å². The van der Waals surface area contributed by atoms with Gasteiger partial charge in [0.1, 0.15) is 5.82 Å². The number of carbonyl (C=O) groups is 1. The lowest BCUT2D eigenvalue weighted by atomic mass is 10.1. The van der Waals surface area contributed by atoms with Gasteiger partial charge in [0.2, 0.25) is 5.91 Å². The van der Waals surface area contributed by atoms with E-state index in [4.69, 9.17) is 0 Å². The summed E-state index contributed by atoms with van der Waals surface area (Å²) in [5.74, 6) is 0.570. The van der Waals surface area contributed by atoms with Gasteiger partial charge >= 0.3 is 0 Å². The van der Waals surface area contributed by atoms with Crippen molar-refractivity contribution in [2.24, 2.45) is 7.05 Å². The molecule has 128 valence electrons. The normalized spacial score (nSPS) is 11.9. The Morgan fingerprint density at radius 3 is 2.56 bits per heavy atom. The van der Waals surface area contributed by atoms with Crippen molar-refractivity contribution >= 4 is 11.7 Å². The molecule has 0 bridgehead atoms. The minimum absolute atomic E-state index is 0.0874. The van der Waals surface area contributed by atoms with Gasteiger partial charge in [-0.15, -0.1) is 0 Å². The summed E-state index contributed by atoms with van der Waals surface area (Å²) in [6, 6.07) is 15.3. The van der Waals surface area contributed by atoms with Gasteiger partial charge in [-0.3, -0.25) is 14.5 Å². The number of benzene rings is 1. The SMILES string of the molecule is CN[C@@H](Cc1ccccc1)C(=O)Nc1cc(-c2ccncc2)nn1C. The standard InChI is InChI=1S/C19H21N5O/c1-20-17(12-14-6-4-3-5-7-14)19(25)22-18-13-16(23-24(18)2)15-8-10-21-11-9-15/h3-11,13,17,20H,12H2,1-2H3,(H,22,25)/t17-/m0/s1. The van der Waals surface area contributed by atoms with Crippen LogP contribution in [0.2, 0.25) is 0 Å². The van der Waals surface area contributed by atoms with E-state index in [-0.39, 0.29) is 11.9 Å². The second-order valence-corrected chi connectivity index (χ2v) is 5.79. The van der Waals surface area contributed by atoms with Crippen LogP contribution in [0.4, 0.5) is 5.82 Å². The van der Waals surface area contributed by atoms with Gasteiger partial charge in [-0.25, -0.2) is 0 Å². The first-order valence-electron chi connectivity index (χ1n) is 8.14. The quantitative estimate of drug-likeness (QED) is 0.725. The summed E-state index contributed by atoms with van der Waals surface area (Å²) in [6.07, 6.45) is 4.07. The van der Waals surface area contributed by atoms with E-state index in [0.29, 0.717) is 12.2 Å². The van der Waals surface area contributed by atoms with E-state index in [9.17, 15) is 4.79 Å². The van der Waals surface area contributed by atoms with E-state index in [1.807, 2.05) is 55.6 Å². The number of hydrogen-bond acceptors (Lipinski definition) is 4. The highest BCUT2D eigenvalue weighted by molar-refractivity contribution is 5.94. The Morgan fingerprint density at radius 1 is 1.16 bits per heavy atom. The van der Waals surface area contributed by atoms with Crippen LogP contribution in [0.5, 0.6) is 0 Å². The van der Waals surface area contributed by atoms with Gasteiger partial charge in [-0.2, -0.15) is 5.10 Å².